The average molecular weight is 298 g/mol. The van der Waals surface area contributed by atoms with Gasteiger partial charge in [-0.2, -0.15) is 0 Å². The third kappa shape index (κ3) is 3.46. The number of hydrogen-bond acceptors (Lipinski definition) is 2. The fraction of sp³-hybridized carbons (Fsp3) is 0.200. The lowest BCUT2D eigenvalue weighted by atomic mass is 10.0. The number of hydrogen-bond donors (Lipinski definition) is 1. The fourth-order valence-corrected chi connectivity index (χ4v) is 1.98. The maximum atomic E-state index is 13.4. The van der Waals surface area contributed by atoms with E-state index in [1.807, 2.05) is 0 Å². The Labute approximate surface area is 121 Å². The average Bonchev–Trinajstić information content (AvgIpc) is 2.39. The van der Waals surface area contributed by atoms with Crippen LogP contribution in [0.3, 0.4) is 0 Å². The summed E-state index contributed by atoms with van der Waals surface area (Å²) in [5.74, 6) is -0.663. The number of halogens is 3. The molecule has 0 saturated carbocycles. The zero-order chi connectivity index (χ0) is 14.7. The van der Waals surface area contributed by atoms with Gasteiger partial charge in [-0.1, -0.05) is 23.7 Å². The van der Waals surface area contributed by atoms with Gasteiger partial charge in [-0.3, -0.25) is 0 Å². The molecule has 0 amide bonds. The molecule has 0 fully saturated rings. The second-order valence-electron chi connectivity index (χ2n) is 4.53. The van der Waals surface area contributed by atoms with E-state index in [0.717, 1.165) is 0 Å². The minimum absolute atomic E-state index is 0.0143. The van der Waals surface area contributed by atoms with Crippen molar-refractivity contribution in [3.05, 3.63) is 64.7 Å². The van der Waals surface area contributed by atoms with Gasteiger partial charge in [0.15, 0.2) is 0 Å². The molecule has 2 N–H and O–H groups in total. The summed E-state index contributed by atoms with van der Waals surface area (Å²) in [5.41, 5.74) is 6.46. The van der Waals surface area contributed by atoms with Crippen LogP contribution in [-0.2, 0) is 0 Å². The summed E-state index contributed by atoms with van der Waals surface area (Å²) < 4.78 is 32.3. The Hall–Kier alpha value is -1.65. The molecule has 0 aliphatic rings. The van der Waals surface area contributed by atoms with E-state index in [1.165, 1.54) is 24.3 Å². The summed E-state index contributed by atoms with van der Waals surface area (Å²) in [6, 6.07) is 9.70. The molecular weight excluding hydrogens is 284 g/mol. The zero-order valence-electron chi connectivity index (χ0n) is 10.8. The fourth-order valence-electron chi connectivity index (χ4n) is 1.86. The largest absolute Gasteiger partial charge is 0.484 e. The summed E-state index contributed by atoms with van der Waals surface area (Å²) in [7, 11) is 0. The van der Waals surface area contributed by atoms with E-state index in [-0.39, 0.29) is 10.8 Å². The van der Waals surface area contributed by atoms with Crippen LogP contribution in [0.1, 0.15) is 18.6 Å². The Balaban J connectivity index is 2.28. The molecule has 0 spiro atoms. The van der Waals surface area contributed by atoms with Gasteiger partial charge in [-0.15, -0.1) is 0 Å². The van der Waals surface area contributed by atoms with Crippen LogP contribution < -0.4 is 10.5 Å². The maximum absolute atomic E-state index is 13.4. The first-order valence-corrected chi connectivity index (χ1v) is 6.48. The Morgan fingerprint density at radius 2 is 1.90 bits per heavy atom. The molecule has 0 bridgehead atoms. The molecule has 0 heterocycles. The van der Waals surface area contributed by atoms with E-state index in [4.69, 9.17) is 22.1 Å². The summed E-state index contributed by atoms with van der Waals surface area (Å²) in [6.45, 7) is 1.74. The first-order chi connectivity index (χ1) is 9.47. The van der Waals surface area contributed by atoms with Crippen LogP contribution in [0.5, 0.6) is 5.75 Å². The van der Waals surface area contributed by atoms with Gasteiger partial charge in [0.25, 0.3) is 0 Å². The Morgan fingerprint density at radius 3 is 2.50 bits per heavy atom. The second kappa shape index (κ2) is 6.20. The highest BCUT2D eigenvalue weighted by Gasteiger charge is 2.19. The van der Waals surface area contributed by atoms with E-state index in [0.29, 0.717) is 11.3 Å². The minimum atomic E-state index is -0.578. The van der Waals surface area contributed by atoms with Crippen molar-refractivity contribution >= 4 is 11.6 Å². The molecule has 5 heteroatoms. The zero-order valence-corrected chi connectivity index (χ0v) is 11.6. The first-order valence-electron chi connectivity index (χ1n) is 6.10. The Bertz CT molecular complexity index is 604. The van der Waals surface area contributed by atoms with Gasteiger partial charge < -0.3 is 10.5 Å². The van der Waals surface area contributed by atoms with Crippen LogP contribution in [0.25, 0.3) is 0 Å². The van der Waals surface area contributed by atoms with E-state index < -0.39 is 18.0 Å². The highest BCUT2D eigenvalue weighted by Crippen LogP contribution is 2.27. The van der Waals surface area contributed by atoms with Crippen molar-refractivity contribution in [3.8, 4) is 5.75 Å². The van der Waals surface area contributed by atoms with Crippen LogP contribution in [-0.4, -0.2) is 6.04 Å². The topological polar surface area (TPSA) is 35.2 Å². The summed E-state index contributed by atoms with van der Waals surface area (Å²) in [5, 5.41) is 0.0143. The molecular formula is C15H14ClF2NO. The number of rotatable bonds is 4. The van der Waals surface area contributed by atoms with E-state index in [2.05, 4.69) is 0 Å². The van der Waals surface area contributed by atoms with Crippen molar-refractivity contribution in [3.63, 3.8) is 0 Å². The Kier molecular flexibility index (Phi) is 4.57. The van der Waals surface area contributed by atoms with Crippen molar-refractivity contribution < 1.29 is 13.5 Å². The van der Waals surface area contributed by atoms with Crippen LogP contribution in [0.4, 0.5) is 8.78 Å². The van der Waals surface area contributed by atoms with Crippen molar-refractivity contribution in [2.24, 2.45) is 5.73 Å². The van der Waals surface area contributed by atoms with Gasteiger partial charge >= 0.3 is 0 Å². The maximum Gasteiger partial charge on any atom is 0.145 e. The molecule has 2 atom stereocenters. The van der Waals surface area contributed by atoms with Gasteiger partial charge in [-0.05, 0) is 36.8 Å². The molecule has 0 saturated heterocycles. The molecule has 2 aromatic rings. The molecule has 2 aromatic carbocycles. The van der Waals surface area contributed by atoms with Gasteiger partial charge in [-0.25, -0.2) is 8.78 Å². The van der Waals surface area contributed by atoms with Crippen LogP contribution in [0.2, 0.25) is 5.02 Å². The SMILES string of the molecule is CC(N)C(Oc1ccc(Cl)c(F)c1)c1cccc(F)c1. The number of ether oxygens (including phenoxy) is 1. The Morgan fingerprint density at radius 1 is 1.15 bits per heavy atom. The summed E-state index contributed by atoms with van der Waals surface area (Å²) in [6.07, 6.45) is -0.578. The molecule has 0 aromatic heterocycles. The third-order valence-electron chi connectivity index (χ3n) is 2.81. The minimum Gasteiger partial charge on any atom is -0.484 e. The molecule has 106 valence electrons. The number of nitrogens with two attached hydrogens (primary N) is 1. The highest BCUT2D eigenvalue weighted by atomic mass is 35.5. The predicted molar refractivity (Wildman–Crippen MR) is 74.8 cm³/mol. The standard InChI is InChI=1S/C15H14ClF2NO/c1-9(19)15(10-3-2-4-11(17)7-10)20-12-5-6-13(16)14(18)8-12/h2-9,15H,19H2,1H3. The lowest BCUT2D eigenvalue weighted by Gasteiger charge is -2.23. The molecule has 20 heavy (non-hydrogen) atoms. The quantitative estimate of drug-likeness (QED) is 0.922. The second-order valence-corrected chi connectivity index (χ2v) is 4.94. The smallest absolute Gasteiger partial charge is 0.145 e. The van der Waals surface area contributed by atoms with Gasteiger partial charge in [0.1, 0.15) is 23.5 Å². The van der Waals surface area contributed by atoms with Crippen LogP contribution in [0, 0.1) is 11.6 Å². The van der Waals surface area contributed by atoms with Crippen molar-refractivity contribution in [1.29, 1.82) is 0 Å². The molecule has 0 aliphatic carbocycles. The molecule has 0 radical (unpaired) electrons. The lowest BCUT2D eigenvalue weighted by molar-refractivity contribution is 0.179. The predicted octanol–water partition coefficient (Wildman–Crippen LogP) is 4.09. The normalized spacial score (nSPS) is 13.8. The summed E-state index contributed by atoms with van der Waals surface area (Å²) >= 11 is 5.61. The monoisotopic (exact) mass is 297 g/mol. The van der Waals surface area contributed by atoms with Crippen molar-refractivity contribution in [2.75, 3.05) is 0 Å². The van der Waals surface area contributed by atoms with E-state index in [9.17, 15) is 8.78 Å². The third-order valence-corrected chi connectivity index (χ3v) is 3.12. The molecule has 0 aliphatic heterocycles. The van der Waals surface area contributed by atoms with Gasteiger partial charge in [0.2, 0.25) is 0 Å². The molecule has 2 nitrogen and oxygen atoms in total. The van der Waals surface area contributed by atoms with Gasteiger partial charge in [0, 0.05) is 12.1 Å². The van der Waals surface area contributed by atoms with Crippen molar-refractivity contribution in [1.82, 2.24) is 0 Å². The molecule has 2 unspecified atom stereocenters. The lowest BCUT2D eigenvalue weighted by Crippen LogP contribution is -2.29. The van der Waals surface area contributed by atoms with Crippen LogP contribution >= 0.6 is 11.6 Å². The summed E-state index contributed by atoms with van der Waals surface area (Å²) in [4.78, 5) is 0. The van der Waals surface area contributed by atoms with E-state index >= 15 is 0 Å². The van der Waals surface area contributed by atoms with Gasteiger partial charge in [0.05, 0.1) is 5.02 Å². The molecule has 2 rings (SSSR count). The first kappa shape index (κ1) is 14.8. The van der Waals surface area contributed by atoms with Crippen LogP contribution in [0.15, 0.2) is 42.5 Å². The van der Waals surface area contributed by atoms with E-state index in [1.54, 1.807) is 25.1 Å². The number of benzene rings is 2. The van der Waals surface area contributed by atoms with Crippen molar-refractivity contribution in [2.45, 2.75) is 19.1 Å². The highest BCUT2D eigenvalue weighted by molar-refractivity contribution is 6.30.